The van der Waals surface area contributed by atoms with Gasteiger partial charge in [-0.2, -0.15) is 0 Å². The predicted molar refractivity (Wildman–Crippen MR) is 93.5 cm³/mol. The number of Topliss-reactive ketones (excluding diaryl/α,β-unsaturated/α-hetero) is 1. The van der Waals surface area contributed by atoms with Crippen LogP contribution in [-0.2, 0) is 14.3 Å². The van der Waals surface area contributed by atoms with Crippen LogP contribution < -0.4 is 5.32 Å². The van der Waals surface area contributed by atoms with Gasteiger partial charge in [-0.25, -0.2) is 0 Å². The maximum absolute atomic E-state index is 11.9. The van der Waals surface area contributed by atoms with Crippen molar-refractivity contribution in [1.82, 2.24) is 0 Å². The van der Waals surface area contributed by atoms with Crippen LogP contribution in [0.1, 0.15) is 29.4 Å². The monoisotopic (exact) mass is 365 g/mol. The summed E-state index contributed by atoms with van der Waals surface area (Å²) in [6.07, 6.45) is -1.01. The van der Waals surface area contributed by atoms with Crippen molar-refractivity contribution in [2.45, 2.75) is 25.9 Å². The normalized spacial score (nSPS) is 11.6. The number of anilines is 1. The third kappa shape index (κ3) is 5.47. The molecule has 0 bridgehead atoms. The fraction of sp³-hybridized carbons (Fsp3) is 0.235. The van der Waals surface area contributed by atoms with Gasteiger partial charge in [0.15, 0.2) is 11.9 Å². The van der Waals surface area contributed by atoms with Gasteiger partial charge in [-0.3, -0.25) is 14.4 Å². The number of hydrogen-bond acceptors (Lipinski definition) is 5. The van der Waals surface area contributed by atoms with E-state index in [0.717, 1.165) is 0 Å². The molecule has 0 aliphatic carbocycles. The van der Waals surface area contributed by atoms with Crippen molar-refractivity contribution in [3.63, 3.8) is 0 Å². The second-order valence-electron chi connectivity index (χ2n) is 5.01. The molecule has 1 aromatic carbocycles. The van der Waals surface area contributed by atoms with Gasteiger partial charge in [-0.15, -0.1) is 11.3 Å². The number of esters is 1. The lowest BCUT2D eigenvalue weighted by molar-refractivity contribution is -0.153. The maximum atomic E-state index is 11.9. The number of ketones is 1. The van der Waals surface area contributed by atoms with Crippen molar-refractivity contribution >= 4 is 46.3 Å². The Kier molecular flexibility index (Phi) is 6.52. The van der Waals surface area contributed by atoms with Crippen LogP contribution in [-0.4, -0.2) is 23.8 Å². The summed E-state index contributed by atoms with van der Waals surface area (Å²) in [5.74, 6) is -1.20. The molecule has 0 spiro atoms. The van der Waals surface area contributed by atoms with Gasteiger partial charge >= 0.3 is 5.97 Å². The number of para-hydroxylation sites is 1. The molecule has 1 heterocycles. The Labute approximate surface area is 148 Å². The van der Waals surface area contributed by atoms with Gasteiger partial charge in [0.25, 0.3) is 5.91 Å². The molecule has 24 heavy (non-hydrogen) atoms. The minimum atomic E-state index is -0.941. The number of halogens is 1. The van der Waals surface area contributed by atoms with Crippen molar-refractivity contribution in [3.05, 3.63) is 51.7 Å². The Morgan fingerprint density at radius 1 is 1.12 bits per heavy atom. The van der Waals surface area contributed by atoms with Crippen LogP contribution in [0.4, 0.5) is 5.69 Å². The molecule has 1 unspecified atom stereocenters. The molecule has 0 saturated carbocycles. The average molecular weight is 366 g/mol. The number of thiophene rings is 1. The van der Waals surface area contributed by atoms with Gasteiger partial charge in [0.05, 0.1) is 15.6 Å². The Balaban J connectivity index is 1.77. The summed E-state index contributed by atoms with van der Waals surface area (Å²) in [4.78, 5) is 36.1. The Hall–Kier alpha value is -2.18. The zero-order valence-electron chi connectivity index (χ0n) is 13.0. The fourth-order valence-electron chi connectivity index (χ4n) is 1.88. The van der Waals surface area contributed by atoms with E-state index in [0.29, 0.717) is 14.9 Å². The van der Waals surface area contributed by atoms with Crippen molar-refractivity contribution in [2.75, 3.05) is 5.32 Å². The van der Waals surface area contributed by atoms with Crippen LogP contribution in [0.5, 0.6) is 0 Å². The number of carbonyl (C=O) groups is 3. The minimum absolute atomic E-state index is 0.0166. The summed E-state index contributed by atoms with van der Waals surface area (Å²) in [5, 5.41) is 2.64. The van der Waals surface area contributed by atoms with Crippen molar-refractivity contribution < 1.29 is 19.1 Å². The van der Waals surface area contributed by atoms with E-state index in [1.165, 1.54) is 18.3 Å². The van der Waals surface area contributed by atoms with E-state index in [2.05, 4.69) is 5.32 Å². The molecule has 1 amide bonds. The number of carbonyl (C=O) groups excluding carboxylic acids is 3. The first-order chi connectivity index (χ1) is 11.5. The van der Waals surface area contributed by atoms with Gasteiger partial charge in [0.1, 0.15) is 0 Å². The summed E-state index contributed by atoms with van der Waals surface area (Å²) in [6.45, 7) is 1.48. The van der Waals surface area contributed by atoms with E-state index in [9.17, 15) is 14.4 Å². The van der Waals surface area contributed by atoms with Crippen LogP contribution >= 0.6 is 22.9 Å². The topological polar surface area (TPSA) is 72.5 Å². The number of benzene rings is 1. The van der Waals surface area contributed by atoms with Gasteiger partial charge in [0, 0.05) is 12.1 Å². The highest BCUT2D eigenvalue weighted by Gasteiger charge is 2.19. The number of rotatable bonds is 7. The van der Waals surface area contributed by atoms with E-state index >= 15 is 0 Å². The third-order valence-corrected chi connectivity index (χ3v) is 4.40. The highest BCUT2D eigenvalue weighted by Crippen LogP contribution is 2.23. The molecule has 2 aromatic rings. The molecule has 0 radical (unpaired) electrons. The molecule has 5 nitrogen and oxygen atoms in total. The third-order valence-electron chi connectivity index (χ3n) is 3.12. The second kappa shape index (κ2) is 8.61. The minimum Gasteiger partial charge on any atom is -0.453 e. The lowest BCUT2D eigenvalue weighted by Crippen LogP contribution is -2.30. The van der Waals surface area contributed by atoms with Crippen LogP contribution in [0.15, 0.2) is 42.5 Å². The summed E-state index contributed by atoms with van der Waals surface area (Å²) >= 11 is 6.93. The van der Waals surface area contributed by atoms with Gasteiger partial charge in [-0.05, 0) is 31.2 Å². The summed E-state index contributed by atoms with van der Waals surface area (Å²) in [6, 6.07) is 12.1. The zero-order chi connectivity index (χ0) is 17.5. The Morgan fingerprint density at radius 3 is 2.46 bits per heavy atom. The van der Waals surface area contributed by atoms with Crippen molar-refractivity contribution in [2.24, 2.45) is 0 Å². The lowest BCUT2D eigenvalue weighted by Gasteiger charge is -2.13. The molecule has 1 aromatic heterocycles. The summed E-state index contributed by atoms with van der Waals surface area (Å²) < 4.78 is 5.57. The number of nitrogens with one attached hydrogen (secondary N) is 1. The molecule has 0 aliphatic rings. The molecule has 1 N–H and O–H groups in total. The lowest BCUT2D eigenvalue weighted by atomic mass is 10.2. The highest BCUT2D eigenvalue weighted by atomic mass is 35.5. The highest BCUT2D eigenvalue weighted by molar-refractivity contribution is 7.18. The number of hydrogen-bond donors (Lipinski definition) is 1. The van der Waals surface area contributed by atoms with E-state index in [-0.39, 0.29) is 18.6 Å². The van der Waals surface area contributed by atoms with Crippen LogP contribution in [0.3, 0.4) is 0 Å². The molecule has 126 valence electrons. The van der Waals surface area contributed by atoms with E-state index in [1.807, 2.05) is 6.07 Å². The fourth-order valence-corrected chi connectivity index (χ4v) is 2.89. The molecule has 0 aliphatic heterocycles. The molecule has 1 atom stereocenters. The molecule has 7 heteroatoms. The second-order valence-corrected chi connectivity index (χ2v) is 6.73. The first-order valence-corrected chi connectivity index (χ1v) is 8.49. The molecule has 0 fully saturated rings. The van der Waals surface area contributed by atoms with Gasteiger partial charge in [0.2, 0.25) is 0 Å². The van der Waals surface area contributed by atoms with Crippen LogP contribution in [0.25, 0.3) is 0 Å². The Bertz CT molecular complexity index is 729. The predicted octanol–water partition coefficient (Wildman–Crippen LogP) is 3.93. The van der Waals surface area contributed by atoms with E-state index < -0.39 is 18.0 Å². The quantitative estimate of drug-likeness (QED) is 0.596. The van der Waals surface area contributed by atoms with Gasteiger partial charge < -0.3 is 10.1 Å². The molecular weight excluding hydrogens is 350 g/mol. The van der Waals surface area contributed by atoms with Crippen LogP contribution in [0, 0.1) is 0 Å². The smallest absolute Gasteiger partial charge is 0.307 e. The van der Waals surface area contributed by atoms with Gasteiger partial charge in [-0.1, -0.05) is 29.8 Å². The van der Waals surface area contributed by atoms with Crippen molar-refractivity contribution in [3.8, 4) is 0 Å². The summed E-state index contributed by atoms with van der Waals surface area (Å²) in [7, 11) is 0. The SMILES string of the molecule is CC(OC(=O)CCC(=O)c1ccc(Cl)s1)C(=O)Nc1ccccc1. The number of ether oxygens (including phenoxy) is 1. The van der Waals surface area contributed by atoms with E-state index in [1.54, 1.807) is 36.4 Å². The average Bonchev–Trinajstić information content (AvgIpc) is 3.00. The Morgan fingerprint density at radius 2 is 1.83 bits per heavy atom. The largest absolute Gasteiger partial charge is 0.453 e. The first kappa shape index (κ1) is 18.2. The number of amides is 1. The standard InChI is InChI=1S/C17H16ClNO4S/c1-11(17(22)19-12-5-3-2-4-6-12)23-16(21)10-7-13(20)14-8-9-15(18)24-14/h2-6,8-9,11H,7,10H2,1H3,(H,19,22). The molecule has 0 saturated heterocycles. The molecular formula is C17H16ClNO4S. The van der Waals surface area contributed by atoms with E-state index in [4.69, 9.17) is 16.3 Å². The molecule has 2 rings (SSSR count). The van der Waals surface area contributed by atoms with Crippen molar-refractivity contribution in [1.29, 1.82) is 0 Å². The zero-order valence-corrected chi connectivity index (χ0v) is 14.5. The maximum Gasteiger partial charge on any atom is 0.307 e. The first-order valence-electron chi connectivity index (χ1n) is 7.29. The van der Waals surface area contributed by atoms with Crippen LogP contribution in [0.2, 0.25) is 4.34 Å². The summed E-state index contributed by atoms with van der Waals surface area (Å²) in [5.41, 5.74) is 0.621.